The van der Waals surface area contributed by atoms with Crippen LogP contribution < -0.4 is 23.7 Å². The molecular weight excluding hydrogens is 568 g/mol. The van der Waals surface area contributed by atoms with Gasteiger partial charge in [-0.1, -0.05) is 0 Å². The summed E-state index contributed by atoms with van der Waals surface area (Å²) in [6, 6.07) is 7.31. The number of fused-ring (bicyclic) bond motifs is 4. The third kappa shape index (κ3) is 4.57. The third-order valence-corrected chi connectivity index (χ3v) is 8.93. The molecule has 13 nitrogen and oxygen atoms in total. The Hall–Kier alpha value is -3.33. The highest BCUT2D eigenvalue weighted by molar-refractivity contribution is 5.79. The molecule has 4 heterocycles. The van der Waals surface area contributed by atoms with E-state index in [1.165, 1.54) is 21.3 Å². The van der Waals surface area contributed by atoms with E-state index in [1.807, 2.05) is 24.3 Å². The fourth-order valence-corrected chi connectivity index (χ4v) is 6.92. The lowest BCUT2D eigenvalue weighted by atomic mass is 9.66. The zero-order valence-corrected chi connectivity index (χ0v) is 24.1. The Kier molecular flexibility index (Phi) is 7.27. The Balaban J connectivity index is 1.32. The monoisotopic (exact) mass is 602 g/mol. The van der Waals surface area contributed by atoms with Crippen molar-refractivity contribution in [3.05, 3.63) is 41.0 Å². The van der Waals surface area contributed by atoms with Crippen molar-refractivity contribution in [3.8, 4) is 28.7 Å². The molecule has 1 aliphatic carbocycles. The van der Waals surface area contributed by atoms with Crippen molar-refractivity contribution in [2.24, 2.45) is 11.8 Å². The molecule has 0 bridgehead atoms. The number of hydrogen-bond acceptors (Lipinski definition) is 13. The summed E-state index contributed by atoms with van der Waals surface area (Å²) in [6.07, 6.45) is -6.70. The maximum atomic E-state index is 13.5. The average Bonchev–Trinajstić information content (AvgIpc) is 3.64. The van der Waals surface area contributed by atoms with Crippen molar-refractivity contribution in [3.63, 3.8) is 0 Å². The molecule has 2 aromatic carbocycles. The van der Waals surface area contributed by atoms with Crippen LogP contribution in [0, 0.1) is 11.8 Å². The van der Waals surface area contributed by atoms with Crippen molar-refractivity contribution in [2.45, 2.75) is 55.9 Å². The Morgan fingerprint density at radius 3 is 2.21 bits per heavy atom. The van der Waals surface area contributed by atoms with Crippen LogP contribution in [0.2, 0.25) is 0 Å². The van der Waals surface area contributed by atoms with E-state index in [4.69, 9.17) is 47.4 Å². The smallest absolute Gasteiger partial charge is 0.310 e. The molecule has 0 saturated carbocycles. The number of aliphatic hydroxyl groups excluding tert-OH is 2. The van der Waals surface area contributed by atoms with Crippen LogP contribution in [0.1, 0.15) is 35.6 Å². The van der Waals surface area contributed by atoms with E-state index >= 15 is 0 Å². The van der Waals surface area contributed by atoms with Crippen LogP contribution in [-0.2, 0) is 28.5 Å². The van der Waals surface area contributed by atoms with Gasteiger partial charge >= 0.3 is 5.97 Å². The molecule has 0 spiro atoms. The van der Waals surface area contributed by atoms with Gasteiger partial charge in [0.2, 0.25) is 12.5 Å². The zero-order valence-electron chi connectivity index (χ0n) is 24.1. The van der Waals surface area contributed by atoms with E-state index < -0.39 is 66.8 Å². The third-order valence-electron chi connectivity index (χ3n) is 8.93. The molecule has 7 rings (SSSR count). The van der Waals surface area contributed by atoms with E-state index in [-0.39, 0.29) is 20.0 Å². The van der Waals surface area contributed by atoms with Crippen molar-refractivity contribution < 1.29 is 62.4 Å². The summed E-state index contributed by atoms with van der Waals surface area (Å²) < 4.78 is 57.7. The number of esters is 1. The Morgan fingerprint density at radius 2 is 1.53 bits per heavy atom. The molecule has 2 aromatic rings. The molecule has 0 amide bonds. The lowest BCUT2D eigenvalue weighted by Crippen LogP contribution is -2.63. The van der Waals surface area contributed by atoms with E-state index in [0.717, 1.165) is 11.1 Å². The minimum Gasteiger partial charge on any atom is -0.493 e. The highest BCUT2D eigenvalue weighted by atomic mass is 16.8. The second kappa shape index (κ2) is 11.0. The highest BCUT2D eigenvalue weighted by Crippen LogP contribution is 2.57. The maximum Gasteiger partial charge on any atom is 0.310 e. The maximum absolute atomic E-state index is 13.5. The molecule has 0 unspecified atom stereocenters. The van der Waals surface area contributed by atoms with E-state index in [0.29, 0.717) is 34.3 Å². The summed E-state index contributed by atoms with van der Waals surface area (Å²) in [5.74, 6) is 0.289. The van der Waals surface area contributed by atoms with Crippen LogP contribution in [0.5, 0.6) is 28.7 Å². The van der Waals surface area contributed by atoms with Gasteiger partial charge < -0.3 is 57.6 Å². The van der Waals surface area contributed by atoms with Crippen LogP contribution in [0.15, 0.2) is 24.3 Å². The number of methoxy groups -OCH3 is 3. The molecule has 232 valence electrons. The molecule has 4 aliphatic heterocycles. The number of aliphatic hydroxyl groups is 2. The average molecular weight is 603 g/mol. The van der Waals surface area contributed by atoms with Gasteiger partial charge in [0.1, 0.15) is 24.4 Å². The summed E-state index contributed by atoms with van der Waals surface area (Å²) in [5, 5.41) is 22.0. The highest BCUT2D eigenvalue weighted by Gasteiger charge is 2.56. The molecule has 43 heavy (non-hydrogen) atoms. The molecule has 3 saturated heterocycles. The quantitative estimate of drug-likeness (QED) is 0.462. The van der Waals surface area contributed by atoms with Crippen LogP contribution in [0.25, 0.3) is 0 Å². The second-order valence-corrected chi connectivity index (χ2v) is 11.2. The van der Waals surface area contributed by atoms with Crippen LogP contribution in [0.4, 0.5) is 0 Å². The fraction of sp³-hybridized carbons (Fsp3) is 0.567. The molecule has 13 heteroatoms. The predicted octanol–water partition coefficient (Wildman–Crippen LogP) is 1.64. The number of cyclic esters (lactones) is 1. The largest absolute Gasteiger partial charge is 0.493 e. The number of hydrogen-bond donors (Lipinski definition) is 2. The molecule has 5 aliphatic rings. The van der Waals surface area contributed by atoms with Gasteiger partial charge in [0.05, 0.1) is 46.6 Å². The van der Waals surface area contributed by atoms with Gasteiger partial charge in [0.25, 0.3) is 0 Å². The van der Waals surface area contributed by atoms with E-state index in [1.54, 1.807) is 6.92 Å². The van der Waals surface area contributed by atoms with Gasteiger partial charge in [-0.05, 0) is 47.9 Å². The number of rotatable bonds is 6. The molecule has 3 fully saturated rings. The Labute approximate surface area is 247 Å². The van der Waals surface area contributed by atoms with E-state index in [2.05, 4.69) is 0 Å². The van der Waals surface area contributed by atoms with Gasteiger partial charge in [-0.3, -0.25) is 4.79 Å². The summed E-state index contributed by atoms with van der Waals surface area (Å²) in [4.78, 5) is 13.5. The van der Waals surface area contributed by atoms with Gasteiger partial charge in [-0.2, -0.15) is 0 Å². The Bertz CT molecular complexity index is 1370. The van der Waals surface area contributed by atoms with Gasteiger partial charge in [0, 0.05) is 11.8 Å². The summed E-state index contributed by atoms with van der Waals surface area (Å²) >= 11 is 0. The van der Waals surface area contributed by atoms with Crippen LogP contribution in [-0.4, -0.2) is 94.5 Å². The van der Waals surface area contributed by atoms with Gasteiger partial charge in [-0.25, -0.2) is 0 Å². The van der Waals surface area contributed by atoms with Crippen molar-refractivity contribution in [1.82, 2.24) is 0 Å². The van der Waals surface area contributed by atoms with Gasteiger partial charge in [0.15, 0.2) is 35.6 Å². The predicted molar refractivity (Wildman–Crippen MR) is 143 cm³/mol. The van der Waals surface area contributed by atoms with Crippen molar-refractivity contribution >= 4 is 5.97 Å². The standard InChI is InChI=1S/C30H34O13/c1-12-37-10-21-28(41-12)24(31)25(32)30(42-21)43-26-15-8-18-17(39-11-40-18)7-14(15)22(23-16(26)9-38-29(23)33)13-5-19(34-2)27(36-4)20(6-13)35-3/h5-8,12,16,21-26,28,30-32H,9-11H2,1-4H3/t12-,16-,21+,22+,23-,24+,25+,26-,28+,30-/m0/s1. The Morgan fingerprint density at radius 1 is 0.837 bits per heavy atom. The first-order chi connectivity index (χ1) is 20.8. The van der Waals surface area contributed by atoms with E-state index in [9.17, 15) is 15.0 Å². The first-order valence-electron chi connectivity index (χ1n) is 14.2. The lowest BCUT2D eigenvalue weighted by molar-refractivity contribution is -0.364. The van der Waals surface area contributed by atoms with Crippen molar-refractivity contribution in [2.75, 3.05) is 41.3 Å². The first kappa shape index (κ1) is 28.4. The van der Waals surface area contributed by atoms with Crippen LogP contribution >= 0.6 is 0 Å². The molecule has 0 radical (unpaired) electrons. The lowest BCUT2D eigenvalue weighted by Gasteiger charge is -2.47. The zero-order chi connectivity index (χ0) is 30.0. The molecule has 2 N–H and O–H groups in total. The fourth-order valence-electron chi connectivity index (χ4n) is 6.92. The minimum atomic E-state index is -1.42. The number of benzene rings is 2. The molecule has 0 aromatic heterocycles. The number of carbonyl (C=O) groups excluding carboxylic acids is 1. The van der Waals surface area contributed by atoms with Crippen molar-refractivity contribution in [1.29, 1.82) is 0 Å². The molecular formula is C30H34O13. The van der Waals surface area contributed by atoms with Gasteiger partial charge in [-0.15, -0.1) is 0 Å². The topological polar surface area (TPSA) is 150 Å². The number of carbonyl (C=O) groups is 1. The normalized spacial score (nSPS) is 35.8. The first-order valence-corrected chi connectivity index (χ1v) is 14.2. The minimum absolute atomic E-state index is 0.0473. The second-order valence-electron chi connectivity index (χ2n) is 11.2. The SMILES string of the molecule is COc1cc([C@@H]2c3cc4c(cc3[C@H](O[C@@H]3O[C@@H]5CO[C@H](C)O[C@H]5[C@H](O)[C@H]3O)[C@H]3COC(=O)[C@H]23)OCO4)cc(OC)c1OC. The molecule has 10 atom stereocenters. The summed E-state index contributed by atoms with van der Waals surface area (Å²) in [7, 11) is 4.58. The summed E-state index contributed by atoms with van der Waals surface area (Å²) in [6.45, 7) is 1.99. The summed E-state index contributed by atoms with van der Waals surface area (Å²) in [5.41, 5.74) is 2.19. The number of ether oxygens (including phenoxy) is 10. The van der Waals surface area contributed by atoms with Crippen LogP contribution in [0.3, 0.4) is 0 Å².